The molecular formula is C33H33NO6S. The number of fused-ring (bicyclic) bond motifs is 1. The molecule has 0 unspecified atom stereocenters. The quantitative estimate of drug-likeness (QED) is 0.234. The number of nitrogens with zero attached hydrogens (tertiary/aromatic N) is 1. The SMILES string of the molecule is COC(=O)[C@@H]1C[C@@H](Oc2ccc(-c3ccccc3)cc2)CN1S(=O)(=O)c1ccc2cc(OC3CCCC3)ccc2c1. The molecule has 1 aliphatic heterocycles. The van der Waals surface area contributed by atoms with E-state index in [2.05, 4.69) is 0 Å². The van der Waals surface area contributed by atoms with E-state index in [-0.39, 0.29) is 24.0 Å². The Labute approximate surface area is 240 Å². The Hall–Kier alpha value is -3.88. The highest BCUT2D eigenvalue weighted by molar-refractivity contribution is 7.89. The number of carbonyl (C=O) groups excluding carboxylic acids is 1. The molecule has 1 aliphatic carbocycles. The van der Waals surface area contributed by atoms with Gasteiger partial charge in [-0.25, -0.2) is 8.42 Å². The molecule has 212 valence electrons. The number of ether oxygens (including phenoxy) is 3. The van der Waals surface area contributed by atoms with E-state index in [1.54, 1.807) is 18.2 Å². The van der Waals surface area contributed by atoms with Crippen molar-refractivity contribution >= 4 is 26.8 Å². The summed E-state index contributed by atoms with van der Waals surface area (Å²) >= 11 is 0. The highest BCUT2D eigenvalue weighted by atomic mass is 32.2. The van der Waals surface area contributed by atoms with Crippen molar-refractivity contribution in [3.63, 3.8) is 0 Å². The molecule has 1 heterocycles. The van der Waals surface area contributed by atoms with E-state index in [4.69, 9.17) is 14.2 Å². The van der Waals surface area contributed by atoms with E-state index in [0.717, 1.165) is 40.5 Å². The summed E-state index contributed by atoms with van der Waals surface area (Å²) in [7, 11) is -2.74. The van der Waals surface area contributed by atoms with E-state index < -0.39 is 28.1 Å². The maximum atomic E-state index is 13.8. The van der Waals surface area contributed by atoms with Crippen LogP contribution in [0.15, 0.2) is 95.9 Å². The van der Waals surface area contributed by atoms with Gasteiger partial charge in [-0.1, -0.05) is 54.6 Å². The highest BCUT2D eigenvalue weighted by Gasteiger charge is 2.45. The predicted molar refractivity (Wildman–Crippen MR) is 157 cm³/mol. The number of hydrogen-bond acceptors (Lipinski definition) is 6. The van der Waals surface area contributed by atoms with Gasteiger partial charge in [-0.15, -0.1) is 0 Å². The van der Waals surface area contributed by atoms with Gasteiger partial charge in [-0.05, 0) is 84.0 Å². The average Bonchev–Trinajstić information content (AvgIpc) is 3.68. The molecule has 0 bridgehead atoms. The van der Waals surface area contributed by atoms with Crippen LogP contribution in [0.5, 0.6) is 11.5 Å². The molecule has 0 aromatic heterocycles. The van der Waals surface area contributed by atoms with Crippen LogP contribution in [0.4, 0.5) is 0 Å². The van der Waals surface area contributed by atoms with Gasteiger partial charge in [0.25, 0.3) is 0 Å². The lowest BCUT2D eigenvalue weighted by atomic mass is 10.1. The normalized spacial score (nSPS) is 19.8. The second-order valence-electron chi connectivity index (χ2n) is 10.7. The molecule has 0 radical (unpaired) electrons. The van der Waals surface area contributed by atoms with Gasteiger partial charge in [0.15, 0.2) is 0 Å². The predicted octanol–water partition coefficient (Wildman–Crippen LogP) is 6.21. The van der Waals surface area contributed by atoms with E-state index in [1.807, 2.05) is 72.8 Å². The Balaban J connectivity index is 1.20. The molecule has 0 N–H and O–H groups in total. The molecule has 1 saturated carbocycles. The van der Waals surface area contributed by atoms with Crippen molar-refractivity contribution in [2.24, 2.45) is 0 Å². The molecule has 41 heavy (non-hydrogen) atoms. The monoisotopic (exact) mass is 571 g/mol. The summed E-state index contributed by atoms with van der Waals surface area (Å²) in [6, 6.07) is 27.4. The van der Waals surface area contributed by atoms with Crippen LogP contribution in [0.1, 0.15) is 32.1 Å². The maximum Gasteiger partial charge on any atom is 0.324 e. The Morgan fingerprint density at radius 1 is 0.756 bits per heavy atom. The van der Waals surface area contributed by atoms with Crippen LogP contribution in [-0.4, -0.2) is 50.6 Å². The number of hydrogen-bond donors (Lipinski definition) is 0. The van der Waals surface area contributed by atoms with Crippen LogP contribution in [0.25, 0.3) is 21.9 Å². The topological polar surface area (TPSA) is 82.1 Å². The summed E-state index contributed by atoms with van der Waals surface area (Å²) in [5.74, 6) is 0.801. The van der Waals surface area contributed by atoms with Crippen molar-refractivity contribution < 1.29 is 27.4 Å². The first-order valence-electron chi connectivity index (χ1n) is 14.0. The molecular weight excluding hydrogens is 538 g/mol. The number of esters is 1. The van der Waals surface area contributed by atoms with Crippen molar-refractivity contribution in [3.05, 3.63) is 91.0 Å². The van der Waals surface area contributed by atoms with E-state index >= 15 is 0 Å². The summed E-state index contributed by atoms with van der Waals surface area (Å²) in [4.78, 5) is 12.8. The van der Waals surface area contributed by atoms with E-state index in [1.165, 1.54) is 24.3 Å². The molecule has 4 aromatic rings. The number of carbonyl (C=O) groups is 1. The number of sulfonamides is 1. The fourth-order valence-corrected chi connectivity index (χ4v) is 7.45. The van der Waals surface area contributed by atoms with Crippen molar-refractivity contribution in [1.29, 1.82) is 0 Å². The fourth-order valence-electron chi connectivity index (χ4n) is 5.79. The number of methoxy groups -OCH3 is 1. The van der Waals surface area contributed by atoms with E-state index in [9.17, 15) is 13.2 Å². The summed E-state index contributed by atoms with van der Waals surface area (Å²) in [6.07, 6.45) is 4.44. The molecule has 2 fully saturated rings. The van der Waals surface area contributed by atoms with E-state index in [0.29, 0.717) is 5.75 Å². The van der Waals surface area contributed by atoms with Crippen molar-refractivity contribution in [3.8, 4) is 22.6 Å². The lowest BCUT2D eigenvalue weighted by Gasteiger charge is -2.22. The molecule has 1 saturated heterocycles. The van der Waals surface area contributed by atoms with Gasteiger partial charge in [0.05, 0.1) is 24.7 Å². The van der Waals surface area contributed by atoms with Gasteiger partial charge in [0.2, 0.25) is 10.0 Å². The van der Waals surface area contributed by atoms with Gasteiger partial charge in [-0.2, -0.15) is 4.31 Å². The zero-order valence-corrected chi connectivity index (χ0v) is 23.8. The van der Waals surface area contributed by atoms with Crippen molar-refractivity contribution in [1.82, 2.24) is 4.31 Å². The smallest absolute Gasteiger partial charge is 0.324 e. The first-order chi connectivity index (χ1) is 19.9. The minimum atomic E-state index is -4.01. The molecule has 4 aromatic carbocycles. The van der Waals surface area contributed by atoms with Crippen molar-refractivity contribution in [2.45, 2.75) is 55.2 Å². The summed E-state index contributed by atoms with van der Waals surface area (Å²) < 4.78 is 46.2. The van der Waals surface area contributed by atoms with Gasteiger partial charge in [-0.3, -0.25) is 4.79 Å². The second kappa shape index (κ2) is 11.5. The largest absolute Gasteiger partial charge is 0.490 e. The molecule has 7 nitrogen and oxygen atoms in total. The van der Waals surface area contributed by atoms with Gasteiger partial charge >= 0.3 is 5.97 Å². The zero-order valence-electron chi connectivity index (χ0n) is 22.9. The summed E-state index contributed by atoms with van der Waals surface area (Å²) in [5, 5.41) is 1.68. The molecule has 8 heteroatoms. The summed E-state index contributed by atoms with van der Waals surface area (Å²) in [5.41, 5.74) is 2.14. The lowest BCUT2D eigenvalue weighted by Crippen LogP contribution is -2.41. The van der Waals surface area contributed by atoms with Crippen LogP contribution in [0, 0.1) is 0 Å². The first kappa shape index (κ1) is 27.3. The van der Waals surface area contributed by atoms with Gasteiger partial charge in [0.1, 0.15) is 23.6 Å². The molecule has 0 spiro atoms. The van der Waals surface area contributed by atoms with Crippen LogP contribution < -0.4 is 9.47 Å². The van der Waals surface area contributed by atoms with Crippen LogP contribution in [0.3, 0.4) is 0 Å². The molecule has 2 atom stereocenters. The zero-order chi connectivity index (χ0) is 28.4. The molecule has 2 aliphatic rings. The lowest BCUT2D eigenvalue weighted by molar-refractivity contribution is -0.144. The minimum Gasteiger partial charge on any atom is -0.490 e. The Morgan fingerprint density at radius 3 is 2.12 bits per heavy atom. The van der Waals surface area contributed by atoms with Crippen LogP contribution in [-0.2, 0) is 19.6 Å². The Kier molecular flexibility index (Phi) is 7.69. The summed E-state index contributed by atoms with van der Waals surface area (Å²) in [6.45, 7) is 0.0364. The van der Waals surface area contributed by atoms with Crippen LogP contribution >= 0.6 is 0 Å². The Morgan fingerprint density at radius 2 is 1.39 bits per heavy atom. The third-order valence-corrected chi connectivity index (χ3v) is 9.82. The van der Waals surface area contributed by atoms with Crippen LogP contribution in [0.2, 0.25) is 0 Å². The maximum absolute atomic E-state index is 13.8. The minimum absolute atomic E-state index is 0.0364. The fraction of sp³-hybridized carbons (Fsp3) is 0.303. The first-order valence-corrected chi connectivity index (χ1v) is 15.5. The highest BCUT2D eigenvalue weighted by Crippen LogP contribution is 2.33. The van der Waals surface area contributed by atoms with Crippen molar-refractivity contribution in [2.75, 3.05) is 13.7 Å². The third-order valence-electron chi connectivity index (χ3n) is 7.95. The average molecular weight is 572 g/mol. The second-order valence-corrected chi connectivity index (χ2v) is 12.6. The number of benzene rings is 4. The standard InChI is InChI=1S/C33H33NO6S/c1-38-33(35)32-21-30(40-28-15-11-24(12-16-28)23-7-3-2-4-8-23)22-34(32)41(36,37)31-18-14-25-19-29(17-13-26(25)20-31)39-27-9-5-6-10-27/h2-4,7-8,11-20,27,30,32H,5-6,9-10,21-22H2,1H3/t30-,32+/m1/s1. The molecule has 6 rings (SSSR count). The number of rotatable bonds is 8. The van der Waals surface area contributed by atoms with Gasteiger partial charge in [0, 0.05) is 6.42 Å². The molecule has 0 amide bonds. The third kappa shape index (κ3) is 5.80. The van der Waals surface area contributed by atoms with Gasteiger partial charge < -0.3 is 14.2 Å². The Bertz CT molecular complexity index is 1630.